The van der Waals surface area contributed by atoms with Gasteiger partial charge in [-0.2, -0.15) is 0 Å². The molecule has 0 amide bonds. The number of rotatable bonds is 4. The van der Waals surface area contributed by atoms with Crippen LogP contribution < -0.4 is 5.32 Å². The summed E-state index contributed by atoms with van der Waals surface area (Å²) in [4.78, 5) is 0. The van der Waals surface area contributed by atoms with E-state index in [0.29, 0.717) is 0 Å². The van der Waals surface area contributed by atoms with E-state index in [0.717, 1.165) is 6.54 Å². The van der Waals surface area contributed by atoms with E-state index < -0.39 is 0 Å². The highest BCUT2D eigenvalue weighted by molar-refractivity contribution is 5.72. The molecule has 0 fully saturated rings. The Balaban J connectivity index is 1.95. The van der Waals surface area contributed by atoms with Crippen molar-refractivity contribution >= 4 is 0 Å². The predicted octanol–water partition coefficient (Wildman–Crippen LogP) is 4.74. The summed E-state index contributed by atoms with van der Waals surface area (Å²) >= 11 is 0. The van der Waals surface area contributed by atoms with Crippen LogP contribution in [0.1, 0.15) is 5.56 Å². The summed E-state index contributed by atoms with van der Waals surface area (Å²) in [5.74, 6) is 0. The molecule has 0 atom stereocenters. The van der Waals surface area contributed by atoms with Crippen LogP contribution in [0.5, 0.6) is 0 Å². The van der Waals surface area contributed by atoms with Crippen LogP contribution in [0, 0.1) is 0 Å². The van der Waals surface area contributed by atoms with Crippen LogP contribution in [0.2, 0.25) is 0 Å². The van der Waals surface area contributed by atoms with Crippen molar-refractivity contribution in [3.8, 4) is 22.3 Å². The molecule has 0 radical (unpaired) electrons. The van der Waals surface area contributed by atoms with Crippen LogP contribution in [-0.2, 0) is 6.54 Å². The van der Waals surface area contributed by atoms with Gasteiger partial charge in [0.2, 0.25) is 0 Å². The maximum absolute atomic E-state index is 3.23. The van der Waals surface area contributed by atoms with Gasteiger partial charge in [0.05, 0.1) is 0 Å². The second-order valence-corrected chi connectivity index (χ2v) is 5.13. The minimum absolute atomic E-state index is 0.886. The molecule has 0 unspecified atom stereocenters. The Hall–Kier alpha value is -2.38. The molecule has 3 rings (SSSR count). The zero-order chi connectivity index (χ0) is 14.5. The Morgan fingerprint density at radius 1 is 0.619 bits per heavy atom. The molecule has 104 valence electrons. The van der Waals surface area contributed by atoms with Gasteiger partial charge in [0.1, 0.15) is 0 Å². The van der Waals surface area contributed by atoms with Crippen LogP contribution in [0.3, 0.4) is 0 Å². The third-order valence-electron chi connectivity index (χ3n) is 3.69. The van der Waals surface area contributed by atoms with E-state index in [1.54, 1.807) is 0 Å². The molecular weight excluding hydrogens is 254 g/mol. The molecule has 0 saturated carbocycles. The van der Waals surface area contributed by atoms with Gasteiger partial charge >= 0.3 is 0 Å². The summed E-state index contributed by atoms with van der Waals surface area (Å²) in [6, 6.07) is 27.8. The van der Waals surface area contributed by atoms with Gasteiger partial charge in [-0.1, -0.05) is 78.9 Å². The van der Waals surface area contributed by atoms with Crippen LogP contribution >= 0.6 is 0 Å². The maximum atomic E-state index is 3.23. The smallest absolute Gasteiger partial charge is 0.0208 e. The second-order valence-electron chi connectivity index (χ2n) is 5.13. The maximum Gasteiger partial charge on any atom is 0.0208 e. The van der Waals surface area contributed by atoms with Crippen molar-refractivity contribution in [1.29, 1.82) is 0 Å². The minimum Gasteiger partial charge on any atom is -0.316 e. The highest BCUT2D eigenvalue weighted by atomic mass is 14.8. The third kappa shape index (κ3) is 3.04. The molecular formula is C20H19N. The SMILES string of the molecule is CNCc1ccccc1-c1ccc(-c2ccccc2)cc1. The molecule has 0 aliphatic carbocycles. The van der Waals surface area contributed by atoms with Crippen molar-refractivity contribution in [3.63, 3.8) is 0 Å². The monoisotopic (exact) mass is 273 g/mol. The molecule has 0 heterocycles. The van der Waals surface area contributed by atoms with E-state index in [9.17, 15) is 0 Å². The van der Waals surface area contributed by atoms with Gasteiger partial charge < -0.3 is 5.32 Å². The van der Waals surface area contributed by atoms with Gasteiger partial charge in [-0.25, -0.2) is 0 Å². The van der Waals surface area contributed by atoms with E-state index in [-0.39, 0.29) is 0 Å². The average molecular weight is 273 g/mol. The summed E-state index contributed by atoms with van der Waals surface area (Å²) in [5, 5.41) is 3.23. The van der Waals surface area contributed by atoms with Crippen molar-refractivity contribution in [3.05, 3.63) is 84.4 Å². The molecule has 0 aliphatic heterocycles. The second kappa shape index (κ2) is 6.38. The van der Waals surface area contributed by atoms with E-state index in [1.165, 1.54) is 27.8 Å². The van der Waals surface area contributed by atoms with Crippen LogP contribution in [-0.4, -0.2) is 7.05 Å². The van der Waals surface area contributed by atoms with Gasteiger partial charge in [-0.05, 0) is 34.9 Å². The van der Waals surface area contributed by atoms with E-state index in [1.807, 2.05) is 13.1 Å². The Labute approximate surface area is 126 Å². The summed E-state index contributed by atoms with van der Waals surface area (Å²) in [5.41, 5.74) is 6.40. The summed E-state index contributed by atoms with van der Waals surface area (Å²) in [7, 11) is 1.98. The molecule has 1 nitrogen and oxygen atoms in total. The first kappa shape index (κ1) is 13.6. The van der Waals surface area contributed by atoms with Crippen molar-refractivity contribution in [2.75, 3.05) is 7.05 Å². The lowest BCUT2D eigenvalue weighted by atomic mass is 9.97. The van der Waals surface area contributed by atoms with Crippen molar-refractivity contribution in [2.24, 2.45) is 0 Å². The van der Waals surface area contributed by atoms with E-state index in [2.05, 4.69) is 78.1 Å². The molecule has 3 aromatic carbocycles. The number of benzene rings is 3. The summed E-state index contributed by atoms with van der Waals surface area (Å²) in [6.45, 7) is 0.886. The highest BCUT2D eigenvalue weighted by Gasteiger charge is 2.04. The molecule has 1 heteroatoms. The van der Waals surface area contributed by atoms with Gasteiger partial charge in [0.15, 0.2) is 0 Å². The number of hydrogen-bond acceptors (Lipinski definition) is 1. The van der Waals surface area contributed by atoms with E-state index in [4.69, 9.17) is 0 Å². The zero-order valence-electron chi connectivity index (χ0n) is 12.2. The first-order valence-corrected chi connectivity index (χ1v) is 7.27. The first-order valence-electron chi connectivity index (χ1n) is 7.27. The Morgan fingerprint density at radius 2 is 1.19 bits per heavy atom. The topological polar surface area (TPSA) is 12.0 Å². The predicted molar refractivity (Wildman–Crippen MR) is 90.1 cm³/mol. The quantitative estimate of drug-likeness (QED) is 0.724. The lowest BCUT2D eigenvalue weighted by Crippen LogP contribution is -2.06. The molecule has 21 heavy (non-hydrogen) atoms. The molecule has 0 bridgehead atoms. The first-order chi connectivity index (χ1) is 10.4. The van der Waals surface area contributed by atoms with Crippen LogP contribution in [0.15, 0.2) is 78.9 Å². The van der Waals surface area contributed by atoms with Crippen molar-refractivity contribution < 1.29 is 0 Å². The summed E-state index contributed by atoms with van der Waals surface area (Å²) < 4.78 is 0. The van der Waals surface area contributed by atoms with Gasteiger partial charge in [-0.3, -0.25) is 0 Å². The van der Waals surface area contributed by atoms with Crippen LogP contribution in [0.4, 0.5) is 0 Å². The number of hydrogen-bond donors (Lipinski definition) is 1. The zero-order valence-corrected chi connectivity index (χ0v) is 12.2. The lowest BCUT2D eigenvalue weighted by molar-refractivity contribution is 0.819. The van der Waals surface area contributed by atoms with Crippen molar-refractivity contribution in [2.45, 2.75) is 6.54 Å². The fourth-order valence-electron chi connectivity index (χ4n) is 2.62. The molecule has 0 aliphatic rings. The van der Waals surface area contributed by atoms with Gasteiger partial charge in [0.25, 0.3) is 0 Å². The summed E-state index contributed by atoms with van der Waals surface area (Å²) in [6.07, 6.45) is 0. The molecule has 0 spiro atoms. The fraction of sp³-hybridized carbons (Fsp3) is 0.100. The largest absolute Gasteiger partial charge is 0.316 e. The Morgan fingerprint density at radius 3 is 1.90 bits per heavy atom. The number of nitrogens with one attached hydrogen (secondary N) is 1. The fourth-order valence-corrected chi connectivity index (χ4v) is 2.62. The average Bonchev–Trinajstić information content (AvgIpc) is 2.57. The third-order valence-corrected chi connectivity index (χ3v) is 3.69. The van der Waals surface area contributed by atoms with E-state index >= 15 is 0 Å². The Kier molecular flexibility index (Phi) is 4.13. The molecule has 0 saturated heterocycles. The lowest BCUT2D eigenvalue weighted by Gasteiger charge is -2.10. The molecule has 3 aromatic rings. The normalized spacial score (nSPS) is 10.5. The standard InChI is InChI=1S/C20H19N/c1-21-15-19-9-5-6-10-20(19)18-13-11-17(12-14-18)16-7-3-2-4-8-16/h2-14,21H,15H2,1H3. The molecule has 0 aromatic heterocycles. The Bertz CT molecular complexity index is 699. The van der Waals surface area contributed by atoms with Crippen LogP contribution in [0.25, 0.3) is 22.3 Å². The van der Waals surface area contributed by atoms with Gasteiger partial charge in [0, 0.05) is 6.54 Å². The highest BCUT2D eigenvalue weighted by Crippen LogP contribution is 2.27. The molecule has 1 N–H and O–H groups in total. The van der Waals surface area contributed by atoms with Gasteiger partial charge in [-0.15, -0.1) is 0 Å². The minimum atomic E-state index is 0.886. The van der Waals surface area contributed by atoms with Crippen molar-refractivity contribution in [1.82, 2.24) is 5.32 Å².